The Bertz CT molecular complexity index is 977. The molecule has 0 unspecified atom stereocenters. The molecule has 0 radical (unpaired) electrons. The Kier molecular flexibility index (Phi) is 6.26. The minimum atomic E-state index is -0.638. The number of fused-ring (bicyclic) bond motifs is 1. The van der Waals surface area contributed by atoms with Crippen LogP contribution in [0.2, 0.25) is 0 Å². The zero-order valence-corrected chi connectivity index (χ0v) is 16.4. The van der Waals surface area contributed by atoms with E-state index in [-0.39, 0.29) is 37.5 Å². The van der Waals surface area contributed by atoms with Crippen LogP contribution in [-0.4, -0.2) is 59.6 Å². The van der Waals surface area contributed by atoms with Crippen LogP contribution >= 0.6 is 0 Å². The standard InChI is InChI=1S/C20H23N3O6/c1-28-18(25)11-22(12-19(26)29-2)17(24)10-9-16-21-15-6-4-3-5-14(15)20(27)23(16)13-7-8-13/h3-6,13H,7-12H2,1-2H3. The summed E-state index contributed by atoms with van der Waals surface area (Å²) < 4.78 is 10.8. The Morgan fingerprint density at radius 1 is 1.10 bits per heavy atom. The quantitative estimate of drug-likeness (QED) is 0.603. The largest absolute Gasteiger partial charge is 0.468 e. The van der Waals surface area contributed by atoms with Crippen LogP contribution in [0.1, 0.15) is 31.1 Å². The maximum absolute atomic E-state index is 12.9. The molecule has 0 saturated heterocycles. The van der Waals surface area contributed by atoms with Gasteiger partial charge in [-0.1, -0.05) is 12.1 Å². The molecular weight excluding hydrogens is 378 g/mol. The predicted octanol–water partition coefficient (Wildman–Crippen LogP) is 0.839. The lowest BCUT2D eigenvalue weighted by molar-refractivity contribution is -0.152. The molecular formula is C20H23N3O6. The molecule has 1 aliphatic rings. The van der Waals surface area contributed by atoms with Crippen LogP contribution in [0.3, 0.4) is 0 Å². The minimum Gasteiger partial charge on any atom is -0.468 e. The Balaban J connectivity index is 1.81. The summed E-state index contributed by atoms with van der Waals surface area (Å²) in [6, 6.07) is 7.21. The fraction of sp³-hybridized carbons (Fsp3) is 0.450. The van der Waals surface area contributed by atoms with Gasteiger partial charge in [0, 0.05) is 18.9 Å². The van der Waals surface area contributed by atoms with Gasteiger partial charge in [0.2, 0.25) is 5.91 Å². The van der Waals surface area contributed by atoms with Gasteiger partial charge in [-0.2, -0.15) is 0 Å². The molecule has 1 amide bonds. The molecule has 2 aromatic rings. The highest BCUT2D eigenvalue weighted by Gasteiger charge is 2.29. The number of hydrogen-bond donors (Lipinski definition) is 0. The molecule has 0 atom stereocenters. The fourth-order valence-corrected chi connectivity index (χ4v) is 3.13. The first-order valence-corrected chi connectivity index (χ1v) is 9.36. The number of esters is 2. The van der Waals surface area contributed by atoms with E-state index < -0.39 is 17.8 Å². The van der Waals surface area contributed by atoms with Crippen molar-refractivity contribution in [2.45, 2.75) is 31.7 Å². The summed E-state index contributed by atoms with van der Waals surface area (Å²) in [6.45, 7) is -0.712. The van der Waals surface area contributed by atoms with E-state index in [1.807, 2.05) is 0 Å². The summed E-state index contributed by atoms with van der Waals surface area (Å²) in [4.78, 5) is 54.4. The Morgan fingerprint density at radius 2 is 1.72 bits per heavy atom. The van der Waals surface area contributed by atoms with Gasteiger partial charge in [0.1, 0.15) is 18.9 Å². The number of aryl methyl sites for hydroxylation is 1. The third-order valence-corrected chi connectivity index (χ3v) is 4.80. The molecule has 154 valence electrons. The maximum Gasteiger partial charge on any atom is 0.325 e. The molecule has 0 N–H and O–H groups in total. The summed E-state index contributed by atoms with van der Waals surface area (Å²) in [7, 11) is 2.41. The van der Waals surface area contributed by atoms with E-state index in [9.17, 15) is 19.2 Å². The number of para-hydroxylation sites is 1. The van der Waals surface area contributed by atoms with Crippen LogP contribution in [0.5, 0.6) is 0 Å². The molecule has 3 rings (SSSR count). The van der Waals surface area contributed by atoms with E-state index in [4.69, 9.17) is 0 Å². The fourth-order valence-electron chi connectivity index (χ4n) is 3.13. The predicted molar refractivity (Wildman–Crippen MR) is 103 cm³/mol. The van der Waals surface area contributed by atoms with E-state index in [2.05, 4.69) is 14.5 Å². The normalized spacial score (nSPS) is 13.2. The molecule has 1 aliphatic carbocycles. The van der Waals surface area contributed by atoms with Crippen LogP contribution in [0.25, 0.3) is 10.9 Å². The van der Waals surface area contributed by atoms with Gasteiger partial charge in [0.05, 0.1) is 25.1 Å². The highest BCUT2D eigenvalue weighted by atomic mass is 16.5. The van der Waals surface area contributed by atoms with Crippen LogP contribution in [0.15, 0.2) is 29.1 Å². The monoisotopic (exact) mass is 401 g/mol. The van der Waals surface area contributed by atoms with Gasteiger partial charge in [0.15, 0.2) is 0 Å². The van der Waals surface area contributed by atoms with Crippen LogP contribution in [0, 0.1) is 0 Å². The number of ether oxygens (including phenoxy) is 2. The molecule has 0 spiro atoms. The average molecular weight is 401 g/mol. The van der Waals surface area contributed by atoms with Crippen LogP contribution < -0.4 is 5.56 Å². The van der Waals surface area contributed by atoms with Gasteiger partial charge < -0.3 is 14.4 Å². The van der Waals surface area contributed by atoms with E-state index in [0.717, 1.165) is 17.7 Å². The number of carbonyl (C=O) groups excluding carboxylic acids is 3. The molecule has 9 heteroatoms. The highest BCUT2D eigenvalue weighted by Crippen LogP contribution is 2.34. The average Bonchev–Trinajstić information content (AvgIpc) is 3.56. The summed E-state index contributed by atoms with van der Waals surface area (Å²) in [5.41, 5.74) is 0.472. The molecule has 1 aromatic carbocycles. The number of aromatic nitrogens is 2. The zero-order valence-electron chi connectivity index (χ0n) is 16.4. The molecule has 1 fully saturated rings. The van der Waals surface area contributed by atoms with Gasteiger partial charge in [-0.25, -0.2) is 4.98 Å². The third-order valence-electron chi connectivity index (χ3n) is 4.80. The van der Waals surface area contributed by atoms with Gasteiger partial charge in [-0.3, -0.25) is 23.7 Å². The van der Waals surface area contributed by atoms with Crippen LogP contribution in [0.4, 0.5) is 0 Å². The van der Waals surface area contributed by atoms with Crippen molar-refractivity contribution in [2.75, 3.05) is 27.3 Å². The lowest BCUT2D eigenvalue weighted by atomic mass is 10.2. The SMILES string of the molecule is COC(=O)CN(CC(=O)OC)C(=O)CCc1nc2ccccc2c(=O)n1C1CC1. The van der Waals surface area contributed by atoms with E-state index >= 15 is 0 Å². The van der Waals surface area contributed by atoms with Crippen LogP contribution in [-0.2, 0) is 30.3 Å². The minimum absolute atomic E-state index is 0.00844. The highest BCUT2D eigenvalue weighted by molar-refractivity contribution is 5.86. The summed E-state index contributed by atoms with van der Waals surface area (Å²) in [6.07, 6.45) is 2.01. The lowest BCUT2D eigenvalue weighted by Crippen LogP contribution is -2.40. The summed E-state index contributed by atoms with van der Waals surface area (Å²) >= 11 is 0. The molecule has 0 bridgehead atoms. The number of benzene rings is 1. The molecule has 9 nitrogen and oxygen atoms in total. The zero-order chi connectivity index (χ0) is 21.0. The number of methoxy groups -OCH3 is 2. The number of amides is 1. The second kappa shape index (κ2) is 8.85. The van der Waals surface area contributed by atoms with Gasteiger partial charge in [0.25, 0.3) is 5.56 Å². The molecule has 1 aromatic heterocycles. The van der Waals surface area contributed by atoms with Crippen molar-refractivity contribution < 1.29 is 23.9 Å². The summed E-state index contributed by atoms with van der Waals surface area (Å²) in [5, 5.41) is 0.549. The molecule has 29 heavy (non-hydrogen) atoms. The van der Waals surface area contributed by atoms with Crippen molar-refractivity contribution in [3.05, 3.63) is 40.4 Å². The third kappa shape index (κ3) is 4.79. The van der Waals surface area contributed by atoms with Crippen molar-refractivity contribution in [3.63, 3.8) is 0 Å². The first kappa shape index (κ1) is 20.5. The Labute approximate surface area is 167 Å². The Hall–Kier alpha value is -3.23. The van der Waals surface area contributed by atoms with Gasteiger partial charge >= 0.3 is 11.9 Å². The summed E-state index contributed by atoms with van der Waals surface area (Å²) in [5.74, 6) is -1.17. The second-order valence-corrected chi connectivity index (χ2v) is 6.85. The van der Waals surface area contributed by atoms with Gasteiger partial charge in [-0.15, -0.1) is 0 Å². The number of nitrogens with zero attached hydrogens (tertiary/aromatic N) is 3. The van der Waals surface area contributed by atoms with E-state index in [1.165, 1.54) is 14.2 Å². The van der Waals surface area contributed by atoms with Crippen molar-refractivity contribution in [3.8, 4) is 0 Å². The van der Waals surface area contributed by atoms with Gasteiger partial charge in [-0.05, 0) is 25.0 Å². The molecule has 1 saturated carbocycles. The lowest BCUT2D eigenvalue weighted by Gasteiger charge is -2.20. The number of hydrogen-bond acceptors (Lipinski definition) is 7. The van der Waals surface area contributed by atoms with Crippen molar-refractivity contribution in [1.82, 2.24) is 14.5 Å². The first-order chi connectivity index (χ1) is 13.9. The van der Waals surface area contributed by atoms with E-state index in [0.29, 0.717) is 16.7 Å². The Morgan fingerprint density at radius 3 is 2.31 bits per heavy atom. The maximum atomic E-state index is 12.9. The topological polar surface area (TPSA) is 108 Å². The number of rotatable bonds is 8. The first-order valence-electron chi connectivity index (χ1n) is 9.36. The van der Waals surface area contributed by atoms with Crippen molar-refractivity contribution >= 4 is 28.7 Å². The van der Waals surface area contributed by atoms with E-state index in [1.54, 1.807) is 28.8 Å². The van der Waals surface area contributed by atoms with Crippen molar-refractivity contribution in [1.29, 1.82) is 0 Å². The van der Waals surface area contributed by atoms with Crippen molar-refractivity contribution in [2.24, 2.45) is 0 Å². The molecule has 1 heterocycles. The molecule has 0 aliphatic heterocycles. The smallest absolute Gasteiger partial charge is 0.325 e. The second-order valence-electron chi connectivity index (χ2n) is 6.85. The number of carbonyl (C=O) groups is 3.